The van der Waals surface area contributed by atoms with Gasteiger partial charge >= 0.3 is 0 Å². The molecule has 3 heteroatoms. The Morgan fingerprint density at radius 2 is 1.59 bits per heavy atom. The first-order chi connectivity index (χ1) is 8.16. The highest BCUT2D eigenvalue weighted by atomic mass is 35.5. The lowest BCUT2D eigenvalue weighted by Gasteiger charge is -2.07. The lowest BCUT2D eigenvalue weighted by atomic mass is 10.1. The van der Waals surface area contributed by atoms with E-state index in [1.807, 2.05) is 43.3 Å². The summed E-state index contributed by atoms with van der Waals surface area (Å²) in [6, 6.07) is 11.7. The van der Waals surface area contributed by atoms with Gasteiger partial charge in [0.2, 0.25) is 0 Å². The van der Waals surface area contributed by atoms with Crippen molar-refractivity contribution in [1.29, 1.82) is 0 Å². The van der Waals surface area contributed by atoms with Gasteiger partial charge < -0.3 is 0 Å². The van der Waals surface area contributed by atoms with E-state index in [4.69, 9.17) is 23.2 Å². The maximum atomic E-state index is 6.26. The van der Waals surface area contributed by atoms with Crippen LogP contribution in [0.2, 0.25) is 10.0 Å². The Morgan fingerprint density at radius 1 is 0.882 bits per heavy atom. The summed E-state index contributed by atoms with van der Waals surface area (Å²) in [5, 5.41) is 4.35. The van der Waals surface area contributed by atoms with Gasteiger partial charge in [0.05, 0.1) is 10.5 Å². The molecule has 3 rings (SSSR count). The van der Waals surface area contributed by atoms with Gasteiger partial charge in [-0.15, -0.1) is 0 Å². The fourth-order valence-electron chi connectivity index (χ4n) is 2.05. The number of hydrogen-bond acceptors (Lipinski definition) is 1. The Labute approximate surface area is 109 Å². The molecule has 84 valence electrons. The minimum atomic E-state index is 0.688. The van der Waals surface area contributed by atoms with Crippen molar-refractivity contribution in [2.45, 2.75) is 6.92 Å². The van der Waals surface area contributed by atoms with Crippen molar-refractivity contribution in [3.63, 3.8) is 0 Å². The number of rotatable bonds is 0. The van der Waals surface area contributed by atoms with Gasteiger partial charge in [-0.05, 0) is 25.1 Å². The molecule has 3 aromatic rings. The quantitative estimate of drug-likeness (QED) is 0.519. The van der Waals surface area contributed by atoms with Crippen LogP contribution in [0.5, 0.6) is 0 Å². The second-order valence-corrected chi connectivity index (χ2v) is 4.86. The van der Waals surface area contributed by atoms with Crippen LogP contribution in [0.25, 0.3) is 21.7 Å². The van der Waals surface area contributed by atoms with E-state index < -0.39 is 0 Å². The Hall–Kier alpha value is -1.31. The zero-order valence-corrected chi connectivity index (χ0v) is 10.7. The molecule has 0 fully saturated rings. The average molecular weight is 262 g/mol. The van der Waals surface area contributed by atoms with Crippen molar-refractivity contribution in [2.24, 2.45) is 0 Å². The topological polar surface area (TPSA) is 12.9 Å². The molecule has 0 unspecified atom stereocenters. The molecule has 0 aliphatic heterocycles. The van der Waals surface area contributed by atoms with Gasteiger partial charge in [-0.25, -0.2) is 0 Å². The third-order valence-corrected chi connectivity index (χ3v) is 3.52. The molecule has 0 saturated heterocycles. The van der Waals surface area contributed by atoms with Crippen LogP contribution in [0, 0.1) is 6.92 Å². The van der Waals surface area contributed by atoms with Gasteiger partial charge in [0.1, 0.15) is 0 Å². The van der Waals surface area contributed by atoms with Crippen LogP contribution in [0.3, 0.4) is 0 Å². The van der Waals surface area contributed by atoms with E-state index in [-0.39, 0.29) is 0 Å². The Balaban J connectivity index is 2.62. The van der Waals surface area contributed by atoms with E-state index >= 15 is 0 Å². The standard InChI is InChI=1S/C14H9Cl2N/c1-8-2-3-9-4-5-10-11(15)6-7-12(16)13(10)14(9)17-8/h2-7H,1H3. The van der Waals surface area contributed by atoms with Gasteiger partial charge in [-0.2, -0.15) is 0 Å². The summed E-state index contributed by atoms with van der Waals surface area (Å²) in [4.78, 5) is 4.56. The maximum absolute atomic E-state index is 6.26. The largest absolute Gasteiger partial charge is 0.252 e. The van der Waals surface area contributed by atoms with Crippen molar-refractivity contribution < 1.29 is 0 Å². The van der Waals surface area contributed by atoms with Crippen LogP contribution in [-0.2, 0) is 0 Å². The molecule has 0 radical (unpaired) electrons. The lowest BCUT2D eigenvalue weighted by Crippen LogP contribution is -1.86. The molecule has 1 heterocycles. The average Bonchev–Trinajstić information content (AvgIpc) is 2.33. The predicted molar refractivity (Wildman–Crippen MR) is 74.0 cm³/mol. The minimum Gasteiger partial charge on any atom is -0.252 e. The number of benzene rings is 2. The number of halogens is 2. The fourth-order valence-corrected chi connectivity index (χ4v) is 2.52. The van der Waals surface area contributed by atoms with Crippen LogP contribution in [0.1, 0.15) is 5.69 Å². The normalized spacial score (nSPS) is 11.2. The van der Waals surface area contributed by atoms with Crippen LogP contribution in [0.15, 0.2) is 36.4 Å². The first-order valence-corrected chi connectivity index (χ1v) is 6.06. The maximum Gasteiger partial charge on any atom is 0.0799 e. The number of hydrogen-bond donors (Lipinski definition) is 0. The molecule has 0 atom stereocenters. The van der Waals surface area contributed by atoms with E-state index in [0.29, 0.717) is 10.0 Å². The van der Waals surface area contributed by atoms with Crippen molar-refractivity contribution in [3.05, 3.63) is 52.1 Å². The first-order valence-electron chi connectivity index (χ1n) is 5.31. The lowest BCUT2D eigenvalue weighted by molar-refractivity contribution is 1.26. The molecular formula is C14H9Cl2N. The molecule has 17 heavy (non-hydrogen) atoms. The predicted octanol–water partition coefficient (Wildman–Crippen LogP) is 5.00. The summed E-state index contributed by atoms with van der Waals surface area (Å²) in [5.41, 5.74) is 1.89. The summed E-state index contributed by atoms with van der Waals surface area (Å²) in [6.07, 6.45) is 0. The highest BCUT2D eigenvalue weighted by Crippen LogP contribution is 2.34. The van der Waals surface area contributed by atoms with Crippen LogP contribution in [-0.4, -0.2) is 4.98 Å². The second-order valence-electron chi connectivity index (χ2n) is 4.04. The van der Waals surface area contributed by atoms with Crippen molar-refractivity contribution in [2.75, 3.05) is 0 Å². The first kappa shape index (κ1) is 10.8. The summed E-state index contributed by atoms with van der Waals surface area (Å²) in [5.74, 6) is 0. The molecule has 0 aliphatic carbocycles. The van der Waals surface area contributed by atoms with E-state index in [9.17, 15) is 0 Å². The van der Waals surface area contributed by atoms with Gasteiger partial charge in [0.25, 0.3) is 0 Å². The van der Waals surface area contributed by atoms with Gasteiger partial charge in [-0.1, -0.05) is 41.4 Å². The molecule has 0 N–H and O–H groups in total. The molecular weight excluding hydrogens is 253 g/mol. The van der Waals surface area contributed by atoms with E-state index in [0.717, 1.165) is 27.4 Å². The highest BCUT2D eigenvalue weighted by molar-refractivity contribution is 6.42. The Kier molecular flexibility index (Phi) is 2.46. The van der Waals surface area contributed by atoms with Crippen molar-refractivity contribution in [1.82, 2.24) is 4.98 Å². The van der Waals surface area contributed by atoms with E-state index in [1.54, 1.807) is 0 Å². The monoisotopic (exact) mass is 261 g/mol. The minimum absolute atomic E-state index is 0.688. The van der Waals surface area contributed by atoms with Crippen LogP contribution in [0.4, 0.5) is 0 Å². The van der Waals surface area contributed by atoms with Crippen molar-refractivity contribution in [3.8, 4) is 0 Å². The van der Waals surface area contributed by atoms with E-state index in [2.05, 4.69) is 4.98 Å². The van der Waals surface area contributed by atoms with E-state index in [1.165, 1.54) is 0 Å². The molecule has 0 bridgehead atoms. The number of fused-ring (bicyclic) bond motifs is 3. The summed E-state index contributed by atoms with van der Waals surface area (Å²) in [7, 11) is 0. The zero-order chi connectivity index (χ0) is 12.0. The van der Waals surface area contributed by atoms with Crippen LogP contribution < -0.4 is 0 Å². The third-order valence-electron chi connectivity index (χ3n) is 2.87. The van der Waals surface area contributed by atoms with Crippen LogP contribution >= 0.6 is 23.2 Å². The van der Waals surface area contributed by atoms with Gasteiger partial charge in [-0.3, -0.25) is 4.98 Å². The third kappa shape index (κ3) is 1.67. The summed E-state index contributed by atoms with van der Waals surface area (Å²) in [6.45, 7) is 1.97. The Morgan fingerprint density at radius 3 is 2.41 bits per heavy atom. The second kappa shape index (κ2) is 3.86. The molecule has 0 spiro atoms. The Bertz CT molecular complexity index is 735. The summed E-state index contributed by atoms with van der Waals surface area (Å²) < 4.78 is 0. The SMILES string of the molecule is Cc1ccc2ccc3c(Cl)ccc(Cl)c3c2n1. The number of nitrogens with zero attached hydrogens (tertiary/aromatic N) is 1. The van der Waals surface area contributed by atoms with Gasteiger partial charge in [0.15, 0.2) is 0 Å². The summed E-state index contributed by atoms with van der Waals surface area (Å²) >= 11 is 12.4. The zero-order valence-electron chi connectivity index (χ0n) is 9.17. The molecule has 0 amide bonds. The number of aromatic nitrogens is 1. The van der Waals surface area contributed by atoms with Crippen molar-refractivity contribution >= 4 is 44.9 Å². The molecule has 0 aliphatic rings. The molecule has 0 saturated carbocycles. The number of pyridine rings is 1. The molecule has 1 nitrogen and oxygen atoms in total. The molecule has 2 aromatic carbocycles. The number of aryl methyl sites for hydroxylation is 1. The molecule has 1 aromatic heterocycles. The smallest absolute Gasteiger partial charge is 0.0799 e. The fraction of sp³-hybridized carbons (Fsp3) is 0.0714. The highest BCUT2D eigenvalue weighted by Gasteiger charge is 2.08. The van der Waals surface area contributed by atoms with Gasteiger partial charge in [0, 0.05) is 26.9 Å².